The van der Waals surface area contributed by atoms with Gasteiger partial charge in [-0.15, -0.1) is 13.2 Å². The molecule has 2 aromatic carbocycles. The van der Waals surface area contributed by atoms with Crippen molar-refractivity contribution in [1.82, 2.24) is 0 Å². The number of nitrogens with zero attached hydrogens (tertiary/aromatic N) is 1. The van der Waals surface area contributed by atoms with E-state index >= 15 is 0 Å². The molecular formula is C17H12BrF4NO2. The number of hydrogen-bond acceptors (Lipinski definition) is 2. The summed E-state index contributed by atoms with van der Waals surface area (Å²) in [5.74, 6) is -1.13. The third kappa shape index (κ3) is 3.95. The van der Waals surface area contributed by atoms with E-state index in [1.807, 2.05) is 0 Å². The van der Waals surface area contributed by atoms with Crippen LogP contribution in [0.15, 0.2) is 42.5 Å². The maximum absolute atomic E-state index is 13.0. The average Bonchev–Trinajstić information content (AvgIpc) is 2.96. The van der Waals surface area contributed by atoms with Gasteiger partial charge in [0, 0.05) is 12.6 Å². The summed E-state index contributed by atoms with van der Waals surface area (Å²) in [4.78, 5) is 13.4. The summed E-state index contributed by atoms with van der Waals surface area (Å²) in [6.45, 7) is 0.354. The Labute approximate surface area is 149 Å². The second-order valence-corrected chi connectivity index (χ2v) is 6.41. The van der Waals surface area contributed by atoms with Crippen molar-refractivity contribution in [2.45, 2.75) is 17.6 Å². The summed E-state index contributed by atoms with van der Waals surface area (Å²) in [5, 5.41) is 0. The predicted molar refractivity (Wildman–Crippen MR) is 87.3 cm³/mol. The monoisotopic (exact) mass is 417 g/mol. The number of anilines is 1. The van der Waals surface area contributed by atoms with Crippen molar-refractivity contribution in [3.63, 3.8) is 0 Å². The van der Waals surface area contributed by atoms with Gasteiger partial charge >= 0.3 is 6.36 Å². The van der Waals surface area contributed by atoms with E-state index < -0.39 is 17.0 Å². The zero-order valence-electron chi connectivity index (χ0n) is 12.7. The number of carbonyl (C=O) groups is 1. The quantitative estimate of drug-likeness (QED) is 0.532. The van der Waals surface area contributed by atoms with Crippen molar-refractivity contribution in [2.75, 3.05) is 11.4 Å². The number of amides is 1. The molecule has 0 radical (unpaired) electrons. The topological polar surface area (TPSA) is 29.5 Å². The maximum Gasteiger partial charge on any atom is 0.573 e. The molecule has 1 atom stereocenters. The molecule has 0 fully saturated rings. The number of rotatable bonds is 3. The molecule has 0 spiro atoms. The Morgan fingerprint density at radius 1 is 1.16 bits per heavy atom. The van der Waals surface area contributed by atoms with Crippen LogP contribution in [0.1, 0.15) is 16.0 Å². The Hall–Kier alpha value is -2.09. The molecular weight excluding hydrogens is 406 g/mol. The predicted octanol–water partition coefficient (Wildman–Crippen LogP) is 4.75. The van der Waals surface area contributed by atoms with Crippen molar-refractivity contribution >= 4 is 27.5 Å². The van der Waals surface area contributed by atoms with E-state index in [0.29, 0.717) is 24.2 Å². The van der Waals surface area contributed by atoms with Crippen LogP contribution in [0, 0.1) is 5.82 Å². The smallest absolute Gasteiger partial charge is 0.406 e. The molecule has 1 aliphatic heterocycles. The third-order valence-electron chi connectivity index (χ3n) is 3.83. The van der Waals surface area contributed by atoms with Gasteiger partial charge in [-0.25, -0.2) is 4.39 Å². The molecule has 0 bridgehead atoms. The van der Waals surface area contributed by atoms with Crippen LogP contribution >= 0.6 is 15.9 Å². The van der Waals surface area contributed by atoms with Crippen molar-refractivity contribution in [3.05, 3.63) is 59.4 Å². The Morgan fingerprint density at radius 3 is 2.48 bits per heavy atom. The van der Waals surface area contributed by atoms with Crippen molar-refractivity contribution in [2.24, 2.45) is 0 Å². The summed E-state index contributed by atoms with van der Waals surface area (Å²) in [7, 11) is 0. The highest BCUT2D eigenvalue weighted by molar-refractivity contribution is 9.09. The molecule has 2 aromatic rings. The summed E-state index contributed by atoms with van der Waals surface area (Å²) in [6, 6.07) is 9.39. The summed E-state index contributed by atoms with van der Waals surface area (Å²) < 4.78 is 54.1. The lowest BCUT2D eigenvalue weighted by molar-refractivity contribution is -0.274. The average molecular weight is 418 g/mol. The second kappa shape index (κ2) is 6.67. The minimum atomic E-state index is -4.80. The van der Waals surface area contributed by atoms with Crippen LogP contribution in [0.25, 0.3) is 0 Å². The number of alkyl halides is 4. The van der Waals surface area contributed by atoms with Gasteiger partial charge in [-0.05, 0) is 35.7 Å². The summed E-state index contributed by atoms with van der Waals surface area (Å²) >= 11 is 3.28. The lowest BCUT2D eigenvalue weighted by atomic mass is 10.1. The first-order chi connectivity index (χ1) is 11.7. The Kier molecular flexibility index (Phi) is 4.73. The van der Waals surface area contributed by atoms with E-state index in [2.05, 4.69) is 20.7 Å². The Bertz CT molecular complexity index is 792. The molecule has 0 N–H and O–H groups in total. The van der Waals surface area contributed by atoms with E-state index in [1.54, 1.807) is 0 Å². The number of carbonyl (C=O) groups excluding carboxylic acids is 1. The van der Waals surface area contributed by atoms with Gasteiger partial charge in [0.15, 0.2) is 0 Å². The minimum absolute atomic E-state index is 0.338. The SMILES string of the molecule is O=C(C(Br)c1ccc(F)cc1)N1CCc2ccc(OC(F)(F)F)cc21. The number of hydrogen-bond donors (Lipinski definition) is 0. The van der Waals surface area contributed by atoms with Crippen LogP contribution in [-0.2, 0) is 11.2 Å². The molecule has 1 unspecified atom stereocenters. The second-order valence-electron chi connectivity index (χ2n) is 5.49. The van der Waals surface area contributed by atoms with Gasteiger partial charge in [-0.1, -0.05) is 34.1 Å². The number of benzene rings is 2. The fourth-order valence-corrected chi connectivity index (χ4v) is 3.25. The van der Waals surface area contributed by atoms with Crippen LogP contribution in [0.3, 0.4) is 0 Å². The zero-order valence-corrected chi connectivity index (χ0v) is 14.3. The lowest BCUT2D eigenvalue weighted by Crippen LogP contribution is -2.31. The van der Waals surface area contributed by atoms with E-state index in [1.165, 1.54) is 47.4 Å². The number of halogens is 5. The molecule has 25 heavy (non-hydrogen) atoms. The van der Waals surface area contributed by atoms with E-state index in [-0.39, 0.29) is 11.7 Å². The highest BCUT2D eigenvalue weighted by Gasteiger charge is 2.33. The molecule has 0 saturated carbocycles. The molecule has 0 aliphatic carbocycles. The van der Waals surface area contributed by atoms with Crippen LogP contribution in [0.5, 0.6) is 5.75 Å². The minimum Gasteiger partial charge on any atom is -0.406 e. The van der Waals surface area contributed by atoms with Gasteiger partial charge in [0.05, 0.1) is 5.69 Å². The van der Waals surface area contributed by atoms with E-state index in [4.69, 9.17) is 0 Å². The molecule has 0 aromatic heterocycles. The largest absolute Gasteiger partial charge is 0.573 e. The first-order valence-electron chi connectivity index (χ1n) is 7.34. The standard InChI is InChI=1S/C17H12BrF4NO2/c18-15(11-1-4-12(19)5-2-11)16(24)23-8-7-10-3-6-13(9-14(10)23)25-17(20,21)22/h1-6,9,15H,7-8H2. The van der Waals surface area contributed by atoms with Crippen molar-refractivity contribution in [1.29, 1.82) is 0 Å². The molecule has 3 rings (SSSR count). The van der Waals surface area contributed by atoms with Gasteiger partial charge < -0.3 is 9.64 Å². The summed E-state index contributed by atoms with van der Waals surface area (Å²) in [6.07, 6.45) is -4.26. The van der Waals surface area contributed by atoms with Crippen LogP contribution in [0.4, 0.5) is 23.2 Å². The highest BCUT2D eigenvalue weighted by Crippen LogP contribution is 2.37. The van der Waals surface area contributed by atoms with Gasteiger partial charge in [-0.2, -0.15) is 0 Å². The van der Waals surface area contributed by atoms with Crippen molar-refractivity contribution < 1.29 is 27.1 Å². The van der Waals surface area contributed by atoms with E-state index in [9.17, 15) is 22.4 Å². The first-order valence-corrected chi connectivity index (χ1v) is 8.26. The molecule has 132 valence electrons. The Morgan fingerprint density at radius 2 is 1.84 bits per heavy atom. The molecule has 0 saturated heterocycles. The third-order valence-corrected chi connectivity index (χ3v) is 4.75. The van der Waals surface area contributed by atoms with E-state index in [0.717, 1.165) is 5.56 Å². The summed E-state index contributed by atoms with van der Waals surface area (Å²) in [5.41, 5.74) is 1.71. The lowest BCUT2D eigenvalue weighted by Gasteiger charge is -2.21. The van der Waals surface area contributed by atoms with Gasteiger partial charge in [-0.3, -0.25) is 4.79 Å². The first kappa shape index (κ1) is 17.7. The molecule has 1 aliphatic rings. The van der Waals surface area contributed by atoms with Crippen LogP contribution in [-0.4, -0.2) is 18.8 Å². The highest BCUT2D eigenvalue weighted by atomic mass is 79.9. The fraction of sp³-hybridized carbons (Fsp3) is 0.235. The normalized spacial score (nSPS) is 15.0. The van der Waals surface area contributed by atoms with Gasteiger partial charge in [0.2, 0.25) is 5.91 Å². The molecule has 3 nitrogen and oxygen atoms in total. The van der Waals surface area contributed by atoms with Gasteiger partial charge in [0.1, 0.15) is 16.4 Å². The van der Waals surface area contributed by atoms with Crippen LogP contribution < -0.4 is 9.64 Å². The molecule has 1 amide bonds. The van der Waals surface area contributed by atoms with Gasteiger partial charge in [0.25, 0.3) is 0 Å². The van der Waals surface area contributed by atoms with Crippen molar-refractivity contribution in [3.8, 4) is 5.75 Å². The van der Waals surface area contributed by atoms with Crippen LogP contribution in [0.2, 0.25) is 0 Å². The number of ether oxygens (including phenoxy) is 1. The molecule has 8 heteroatoms. The number of fused-ring (bicyclic) bond motifs is 1. The Balaban J connectivity index is 1.84. The molecule has 1 heterocycles. The fourth-order valence-electron chi connectivity index (χ4n) is 2.70. The zero-order chi connectivity index (χ0) is 18.2. The maximum atomic E-state index is 13.0.